The summed E-state index contributed by atoms with van der Waals surface area (Å²) >= 11 is 1.69. The summed E-state index contributed by atoms with van der Waals surface area (Å²) in [5.41, 5.74) is 0. The molecule has 0 aliphatic heterocycles. The van der Waals surface area contributed by atoms with Crippen molar-refractivity contribution in [3.8, 4) is 0 Å². The molecule has 0 aliphatic rings. The molecule has 1 heterocycles. The first-order chi connectivity index (χ1) is 5.86. The summed E-state index contributed by atoms with van der Waals surface area (Å²) in [6.45, 7) is 4.37. The predicted octanol–water partition coefficient (Wildman–Crippen LogP) is 2.40. The molecule has 0 aliphatic carbocycles. The number of nitrogens with zero attached hydrogens (tertiary/aromatic N) is 1. The Hall–Kier alpha value is -0.960. The Labute approximate surface area is 77.1 Å². The Balaban J connectivity index is 2.58. The van der Waals surface area contributed by atoms with Crippen LogP contribution >= 0.6 is 11.8 Å². The molecule has 0 radical (unpaired) electrons. The number of hydrogen-bond donors (Lipinski definition) is 1. The third-order valence-corrected chi connectivity index (χ3v) is 2.11. The van der Waals surface area contributed by atoms with E-state index in [1.807, 2.05) is 30.7 Å². The molecule has 0 atom stereocenters. The molecular formula is C9H12N2S. The third kappa shape index (κ3) is 2.58. The minimum Gasteiger partial charge on any atom is -0.367 e. The van der Waals surface area contributed by atoms with Gasteiger partial charge in [0.15, 0.2) is 0 Å². The fourth-order valence-corrected chi connectivity index (χ4v) is 1.14. The van der Waals surface area contributed by atoms with Gasteiger partial charge in [-0.25, -0.2) is 4.98 Å². The van der Waals surface area contributed by atoms with Crippen molar-refractivity contribution in [2.75, 3.05) is 18.1 Å². The van der Waals surface area contributed by atoms with E-state index < -0.39 is 0 Å². The van der Waals surface area contributed by atoms with Crippen LogP contribution in [0.25, 0.3) is 0 Å². The number of aromatic nitrogens is 1. The third-order valence-electron chi connectivity index (χ3n) is 1.40. The van der Waals surface area contributed by atoms with Gasteiger partial charge in [-0.2, -0.15) is 0 Å². The average molecular weight is 180 g/mol. The van der Waals surface area contributed by atoms with Gasteiger partial charge in [0.2, 0.25) is 0 Å². The number of nitrogens with one attached hydrogen (secondary N) is 1. The van der Waals surface area contributed by atoms with Crippen LogP contribution in [0.2, 0.25) is 0 Å². The summed E-state index contributed by atoms with van der Waals surface area (Å²) in [7, 11) is 0. The molecule has 3 heteroatoms. The van der Waals surface area contributed by atoms with Crippen molar-refractivity contribution in [2.24, 2.45) is 0 Å². The van der Waals surface area contributed by atoms with Gasteiger partial charge in [-0.1, -0.05) is 6.08 Å². The molecule has 0 spiro atoms. The van der Waals surface area contributed by atoms with Crippen LogP contribution in [-0.4, -0.2) is 17.8 Å². The lowest BCUT2D eigenvalue weighted by Gasteiger charge is -2.01. The summed E-state index contributed by atoms with van der Waals surface area (Å²) in [4.78, 5) is 5.39. The summed E-state index contributed by atoms with van der Waals surface area (Å²) in [6.07, 6.45) is 5.70. The molecule has 0 aromatic carbocycles. The lowest BCUT2D eigenvalue weighted by molar-refractivity contribution is 1.19. The van der Waals surface area contributed by atoms with E-state index >= 15 is 0 Å². The van der Waals surface area contributed by atoms with Gasteiger partial charge in [-0.05, 0) is 18.4 Å². The molecule has 0 unspecified atom stereocenters. The Morgan fingerprint density at radius 3 is 3.00 bits per heavy atom. The van der Waals surface area contributed by atoms with Crippen LogP contribution in [0, 0.1) is 0 Å². The molecule has 12 heavy (non-hydrogen) atoms. The molecule has 0 amide bonds. The van der Waals surface area contributed by atoms with Crippen molar-refractivity contribution < 1.29 is 0 Å². The molecule has 1 aromatic heterocycles. The summed E-state index contributed by atoms with van der Waals surface area (Å²) in [5.74, 6) is 0.896. The zero-order valence-electron chi connectivity index (χ0n) is 7.08. The van der Waals surface area contributed by atoms with Gasteiger partial charge < -0.3 is 5.32 Å². The van der Waals surface area contributed by atoms with Crippen molar-refractivity contribution in [1.29, 1.82) is 0 Å². The molecule has 0 fully saturated rings. The van der Waals surface area contributed by atoms with Gasteiger partial charge >= 0.3 is 0 Å². The van der Waals surface area contributed by atoms with Crippen LogP contribution in [0.5, 0.6) is 0 Å². The van der Waals surface area contributed by atoms with Gasteiger partial charge in [0.25, 0.3) is 0 Å². The first kappa shape index (κ1) is 9.13. The molecule has 1 N–H and O–H groups in total. The van der Waals surface area contributed by atoms with E-state index in [1.165, 1.54) is 4.90 Å². The average Bonchev–Trinajstić information content (AvgIpc) is 2.15. The van der Waals surface area contributed by atoms with Crippen molar-refractivity contribution in [3.05, 3.63) is 31.0 Å². The minimum absolute atomic E-state index is 0.756. The van der Waals surface area contributed by atoms with E-state index in [-0.39, 0.29) is 0 Å². The van der Waals surface area contributed by atoms with Gasteiger partial charge in [-0.3, -0.25) is 0 Å². The van der Waals surface area contributed by atoms with E-state index in [1.54, 1.807) is 11.8 Å². The molecule has 0 saturated heterocycles. The van der Waals surface area contributed by atoms with Crippen molar-refractivity contribution in [2.45, 2.75) is 4.90 Å². The largest absolute Gasteiger partial charge is 0.367 e. The Bertz CT molecular complexity index is 243. The van der Waals surface area contributed by atoms with Gasteiger partial charge in [0.1, 0.15) is 5.82 Å². The van der Waals surface area contributed by atoms with Crippen LogP contribution in [0.4, 0.5) is 5.82 Å². The Morgan fingerprint density at radius 2 is 2.50 bits per heavy atom. The topological polar surface area (TPSA) is 24.9 Å². The highest BCUT2D eigenvalue weighted by Crippen LogP contribution is 2.14. The van der Waals surface area contributed by atoms with Gasteiger partial charge in [0.05, 0.1) is 0 Å². The second-order valence-electron chi connectivity index (χ2n) is 2.25. The normalized spacial score (nSPS) is 9.42. The van der Waals surface area contributed by atoms with E-state index in [4.69, 9.17) is 0 Å². The second-order valence-corrected chi connectivity index (χ2v) is 3.13. The summed E-state index contributed by atoms with van der Waals surface area (Å²) in [5, 5.41) is 3.11. The molecule has 0 bridgehead atoms. The van der Waals surface area contributed by atoms with Gasteiger partial charge in [0, 0.05) is 17.6 Å². The molecule has 0 saturated carbocycles. The molecule has 64 valence electrons. The second kappa shape index (κ2) is 4.83. The smallest absolute Gasteiger partial charge is 0.126 e. The summed E-state index contributed by atoms with van der Waals surface area (Å²) in [6, 6.07) is 4.01. The van der Waals surface area contributed by atoms with Crippen LogP contribution in [0.3, 0.4) is 0 Å². The summed E-state index contributed by atoms with van der Waals surface area (Å²) < 4.78 is 0. The first-order valence-electron chi connectivity index (χ1n) is 3.71. The van der Waals surface area contributed by atoms with Crippen LogP contribution in [-0.2, 0) is 0 Å². The van der Waals surface area contributed by atoms with Crippen molar-refractivity contribution in [1.82, 2.24) is 4.98 Å². The molecule has 1 aromatic rings. The Kier molecular flexibility index (Phi) is 3.67. The number of thioether (sulfide) groups is 1. The highest BCUT2D eigenvalue weighted by atomic mass is 32.2. The fraction of sp³-hybridized carbons (Fsp3) is 0.222. The van der Waals surface area contributed by atoms with Crippen LogP contribution in [0.15, 0.2) is 35.9 Å². The molecule has 2 nitrogen and oxygen atoms in total. The van der Waals surface area contributed by atoms with Crippen molar-refractivity contribution in [3.63, 3.8) is 0 Å². The first-order valence-corrected chi connectivity index (χ1v) is 4.94. The number of anilines is 1. The van der Waals surface area contributed by atoms with Crippen LogP contribution < -0.4 is 5.32 Å². The predicted molar refractivity (Wildman–Crippen MR) is 54.7 cm³/mol. The van der Waals surface area contributed by atoms with Crippen molar-refractivity contribution >= 4 is 17.6 Å². The fourth-order valence-electron chi connectivity index (χ4n) is 0.782. The van der Waals surface area contributed by atoms with E-state index in [9.17, 15) is 0 Å². The maximum absolute atomic E-state index is 4.21. The monoisotopic (exact) mass is 180 g/mol. The highest BCUT2D eigenvalue weighted by Gasteiger charge is 1.91. The Morgan fingerprint density at radius 1 is 1.67 bits per heavy atom. The van der Waals surface area contributed by atoms with Crippen LogP contribution in [0.1, 0.15) is 0 Å². The van der Waals surface area contributed by atoms with E-state index in [2.05, 4.69) is 16.9 Å². The quantitative estimate of drug-likeness (QED) is 0.569. The minimum atomic E-state index is 0.756. The number of hydrogen-bond acceptors (Lipinski definition) is 3. The lowest BCUT2D eigenvalue weighted by Crippen LogP contribution is -1.99. The van der Waals surface area contributed by atoms with Gasteiger partial charge in [-0.15, -0.1) is 18.3 Å². The number of pyridine rings is 1. The van der Waals surface area contributed by atoms with E-state index in [0.29, 0.717) is 0 Å². The molecule has 1 rings (SSSR count). The SMILES string of the molecule is C=CCNc1ccc(SC)cn1. The highest BCUT2D eigenvalue weighted by molar-refractivity contribution is 7.98. The standard InChI is InChI=1S/C9H12N2S/c1-3-6-10-9-5-4-8(12-2)7-11-9/h3-5,7H,1,6H2,2H3,(H,10,11). The molecular weight excluding hydrogens is 168 g/mol. The maximum Gasteiger partial charge on any atom is 0.126 e. The zero-order chi connectivity index (χ0) is 8.81. The van der Waals surface area contributed by atoms with E-state index in [0.717, 1.165) is 12.4 Å². The lowest BCUT2D eigenvalue weighted by atomic mass is 10.4. The maximum atomic E-state index is 4.21. The number of rotatable bonds is 4. The zero-order valence-corrected chi connectivity index (χ0v) is 7.90.